The Morgan fingerprint density at radius 3 is 2.63 bits per heavy atom. The third kappa shape index (κ3) is 4.95. The van der Waals surface area contributed by atoms with Crippen LogP contribution in [0.3, 0.4) is 0 Å². The molecule has 1 aliphatic rings. The van der Waals surface area contributed by atoms with Gasteiger partial charge in [-0.15, -0.1) is 0 Å². The van der Waals surface area contributed by atoms with Crippen molar-refractivity contribution in [1.29, 1.82) is 0 Å². The second-order valence-electron chi connectivity index (χ2n) is 7.81. The normalized spacial score (nSPS) is 21.9. The number of halogens is 3. The Balaban J connectivity index is 1.82. The van der Waals surface area contributed by atoms with Crippen LogP contribution >= 0.6 is 23.2 Å². The molecule has 1 aliphatic heterocycles. The predicted molar refractivity (Wildman–Crippen MR) is 123 cm³/mol. The quantitative estimate of drug-likeness (QED) is 0.477. The Kier molecular flexibility index (Phi) is 6.97. The highest BCUT2D eigenvalue weighted by atomic mass is 35.5. The van der Waals surface area contributed by atoms with E-state index in [1.807, 2.05) is 0 Å². The molecule has 0 amide bonds. The van der Waals surface area contributed by atoms with Crippen molar-refractivity contribution in [3.63, 3.8) is 0 Å². The van der Waals surface area contributed by atoms with E-state index in [4.69, 9.17) is 43.1 Å². The largest absolute Gasteiger partial charge is 0.463 e. The number of fused-ring (bicyclic) bond motifs is 1. The minimum Gasteiger partial charge on any atom is -0.463 e. The number of anilines is 1. The maximum Gasteiger partial charge on any atom is 0.332 e. The zero-order valence-electron chi connectivity index (χ0n) is 18.5. The van der Waals surface area contributed by atoms with Gasteiger partial charge in [-0.05, 0) is 17.7 Å². The number of nitrogen functional groups attached to an aromatic ring is 1. The monoisotopic (exact) mass is 527 g/mol. The average molecular weight is 528 g/mol. The van der Waals surface area contributed by atoms with Gasteiger partial charge in [-0.1, -0.05) is 29.3 Å². The Morgan fingerprint density at radius 2 is 1.97 bits per heavy atom. The summed E-state index contributed by atoms with van der Waals surface area (Å²) < 4.78 is 33.4. The Morgan fingerprint density at radius 1 is 1.23 bits per heavy atom. The highest BCUT2D eigenvalue weighted by molar-refractivity contribution is 6.42. The smallest absolute Gasteiger partial charge is 0.332 e. The van der Waals surface area contributed by atoms with E-state index in [0.717, 1.165) is 18.4 Å². The minimum absolute atomic E-state index is 0.0325. The van der Waals surface area contributed by atoms with Crippen molar-refractivity contribution in [3.8, 4) is 0 Å². The number of esters is 2. The van der Waals surface area contributed by atoms with E-state index in [2.05, 4.69) is 9.97 Å². The molecule has 1 fully saturated rings. The summed E-state index contributed by atoms with van der Waals surface area (Å²) in [6, 6.07) is 4.86. The van der Waals surface area contributed by atoms with E-state index >= 15 is 4.39 Å². The lowest BCUT2D eigenvalue weighted by Crippen LogP contribution is -2.37. The number of hydrogen-bond donors (Lipinski definition) is 1. The van der Waals surface area contributed by atoms with Crippen molar-refractivity contribution >= 4 is 52.3 Å². The molecule has 35 heavy (non-hydrogen) atoms. The summed E-state index contributed by atoms with van der Waals surface area (Å²) in [5.74, 6) is -1.58. The van der Waals surface area contributed by atoms with Gasteiger partial charge < -0.3 is 19.9 Å². The average Bonchev–Trinajstić information content (AvgIpc) is 3.22. The molecule has 4 atom stereocenters. The molecule has 2 N–H and O–H groups in total. The van der Waals surface area contributed by atoms with Gasteiger partial charge in [0.1, 0.15) is 18.2 Å². The molecule has 0 saturated carbocycles. The van der Waals surface area contributed by atoms with Crippen LogP contribution in [-0.4, -0.2) is 56.0 Å². The lowest BCUT2D eigenvalue weighted by molar-refractivity contribution is -0.154. The first-order valence-corrected chi connectivity index (χ1v) is 11.1. The van der Waals surface area contributed by atoms with E-state index < -0.39 is 48.8 Å². The lowest BCUT2D eigenvalue weighted by atomic mass is 10.1. The molecule has 0 unspecified atom stereocenters. The number of aromatic nitrogens is 4. The summed E-state index contributed by atoms with van der Waals surface area (Å²) in [5, 5.41) is 0.641. The maximum absolute atomic E-state index is 15.2. The van der Waals surface area contributed by atoms with E-state index in [-0.39, 0.29) is 23.7 Å². The number of benzene rings is 1. The van der Waals surface area contributed by atoms with Gasteiger partial charge in [-0.25, -0.2) is 18.7 Å². The first kappa shape index (κ1) is 24.9. The molecule has 3 aromatic rings. The number of ether oxygens (including phenoxy) is 3. The number of carbonyl (C=O) groups is 2. The van der Waals surface area contributed by atoms with Crippen LogP contribution < -0.4 is 11.4 Å². The summed E-state index contributed by atoms with van der Waals surface area (Å²) in [7, 11) is 0. The second-order valence-corrected chi connectivity index (χ2v) is 8.62. The van der Waals surface area contributed by atoms with Crippen LogP contribution in [0.15, 0.2) is 29.2 Å². The van der Waals surface area contributed by atoms with Gasteiger partial charge in [-0.3, -0.25) is 14.2 Å². The fourth-order valence-electron chi connectivity index (χ4n) is 3.83. The van der Waals surface area contributed by atoms with Crippen LogP contribution in [0.2, 0.25) is 10.0 Å². The second kappa shape index (κ2) is 9.80. The minimum atomic E-state index is -1.90. The number of alkyl halides is 1. The van der Waals surface area contributed by atoms with Crippen molar-refractivity contribution in [1.82, 2.24) is 19.1 Å². The van der Waals surface area contributed by atoms with Crippen molar-refractivity contribution < 1.29 is 28.2 Å². The molecule has 14 heteroatoms. The van der Waals surface area contributed by atoms with Crippen molar-refractivity contribution in [2.24, 2.45) is 0 Å². The summed E-state index contributed by atoms with van der Waals surface area (Å²) in [6.07, 6.45) is -4.80. The van der Waals surface area contributed by atoms with Crippen LogP contribution in [0.5, 0.6) is 0 Å². The topological polar surface area (TPSA) is 141 Å². The van der Waals surface area contributed by atoms with E-state index in [0.29, 0.717) is 15.6 Å². The van der Waals surface area contributed by atoms with Gasteiger partial charge in [-0.2, -0.15) is 4.98 Å². The number of hydrogen-bond acceptors (Lipinski definition) is 9. The summed E-state index contributed by atoms with van der Waals surface area (Å²) in [4.78, 5) is 44.6. The van der Waals surface area contributed by atoms with Crippen molar-refractivity contribution in [2.75, 3.05) is 12.3 Å². The third-order valence-electron chi connectivity index (χ3n) is 5.32. The zero-order valence-corrected chi connectivity index (χ0v) is 20.0. The Hall–Kier alpha value is -3.22. The number of imidazole rings is 1. The van der Waals surface area contributed by atoms with Gasteiger partial charge in [0.25, 0.3) is 0 Å². The third-order valence-corrected chi connectivity index (χ3v) is 6.06. The van der Waals surface area contributed by atoms with Crippen LogP contribution in [0.4, 0.5) is 10.3 Å². The first-order chi connectivity index (χ1) is 16.6. The molecule has 4 rings (SSSR count). The Bertz CT molecular complexity index is 1360. The highest BCUT2D eigenvalue weighted by Gasteiger charge is 2.50. The van der Waals surface area contributed by atoms with Gasteiger partial charge in [0.15, 0.2) is 24.2 Å². The molecule has 0 bridgehead atoms. The van der Waals surface area contributed by atoms with Crippen LogP contribution in [0, 0.1) is 0 Å². The molecule has 0 spiro atoms. The van der Waals surface area contributed by atoms with E-state index in [1.54, 1.807) is 18.2 Å². The fourth-order valence-corrected chi connectivity index (χ4v) is 4.15. The van der Waals surface area contributed by atoms with Gasteiger partial charge in [0.2, 0.25) is 5.95 Å². The first-order valence-electron chi connectivity index (χ1n) is 10.3. The summed E-state index contributed by atoms with van der Waals surface area (Å²) in [6.45, 7) is 1.84. The van der Waals surface area contributed by atoms with Gasteiger partial charge in [0.05, 0.1) is 22.8 Å². The van der Waals surface area contributed by atoms with E-state index in [1.165, 1.54) is 10.8 Å². The number of rotatable bonds is 6. The number of carbonyl (C=O) groups excluding carboxylic acids is 2. The molecule has 11 nitrogen and oxygen atoms in total. The highest BCUT2D eigenvalue weighted by Crippen LogP contribution is 2.35. The summed E-state index contributed by atoms with van der Waals surface area (Å²) >= 11 is 12.1. The van der Waals surface area contributed by atoms with Crippen LogP contribution in [0.1, 0.15) is 25.6 Å². The van der Waals surface area contributed by atoms with Crippen LogP contribution in [-0.2, 0) is 30.3 Å². The molecular weight excluding hydrogens is 508 g/mol. The standard InChI is InChI=1S/C21H20Cl2FN5O6/c1-9(30)33-8-15-16(24)17(34-10(2)31)19(35-15)29-18-14(6-26-20(25)27-18)28(21(29)32)7-11-3-4-12(22)13(23)5-11/h3-6,15-17,19H,7-8H2,1-2H3,(H2,25,26,27)/t15-,16-,17-,19+/m1/s1. The van der Waals surface area contributed by atoms with Gasteiger partial charge >= 0.3 is 17.6 Å². The molecule has 0 radical (unpaired) electrons. The molecule has 1 aromatic carbocycles. The van der Waals surface area contributed by atoms with Crippen LogP contribution in [0.25, 0.3) is 11.2 Å². The Labute approximate surface area is 207 Å². The van der Waals surface area contributed by atoms with Crippen molar-refractivity contribution in [3.05, 3.63) is 50.5 Å². The molecule has 1 saturated heterocycles. The lowest BCUT2D eigenvalue weighted by Gasteiger charge is -2.19. The fraction of sp³-hybridized carbons (Fsp3) is 0.381. The SMILES string of the molecule is CC(=O)OC[C@H]1O[C@H](n2c(=O)n(Cc3ccc(Cl)c(Cl)c3)c3cnc(N)nc32)[C@H](OC(C)=O)[C@@H]1F. The van der Waals surface area contributed by atoms with Crippen molar-refractivity contribution in [2.45, 2.75) is 45.0 Å². The molecule has 2 aromatic heterocycles. The zero-order chi connectivity index (χ0) is 25.4. The molecular formula is C21H20Cl2FN5O6. The molecule has 186 valence electrons. The number of nitrogens with zero attached hydrogens (tertiary/aromatic N) is 4. The maximum atomic E-state index is 15.2. The van der Waals surface area contributed by atoms with E-state index in [9.17, 15) is 14.4 Å². The molecule has 3 heterocycles. The molecule has 0 aliphatic carbocycles. The summed E-state index contributed by atoms with van der Waals surface area (Å²) in [5.41, 5.74) is 6.03. The number of nitrogens with two attached hydrogens (primary N) is 1. The predicted octanol–water partition coefficient (Wildman–Crippen LogP) is 2.26. The van der Waals surface area contributed by atoms with Gasteiger partial charge in [0, 0.05) is 13.8 Å².